The smallest absolute Gasteiger partial charge is 0.266 e. The fraction of sp³-hybridized carbons (Fsp3) is 0.381. The fourth-order valence-electron chi connectivity index (χ4n) is 3.91. The van der Waals surface area contributed by atoms with Gasteiger partial charge in [-0.1, -0.05) is 6.07 Å². The molecule has 0 radical (unpaired) electrons. The molecule has 6 nitrogen and oxygen atoms in total. The molecule has 4 N–H and O–H groups in total. The zero-order valence-electron chi connectivity index (χ0n) is 15.7. The summed E-state index contributed by atoms with van der Waals surface area (Å²) in [5.74, 6) is -0.0341. The van der Waals surface area contributed by atoms with Gasteiger partial charge < -0.3 is 16.0 Å². The van der Waals surface area contributed by atoms with Crippen molar-refractivity contribution < 1.29 is 4.79 Å². The first-order chi connectivity index (χ1) is 12.9. The summed E-state index contributed by atoms with van der Waals surface area (Å²) >= 11 is 0. The molecule has 27 heavy (non-hydrogen) atoms. The van der Waals surface area contributed by atoms with Crippen LogP contribution in [0, 0.1) is 25.2 Å². The fourth-order valence-corrected chi connectivity index (χ4v) is 3.91. The maximum absolute atomic E-state index is 12.5. The van der Waals surface area contributed by atoms with E-state index in [0.717, 1.165) is 36.1 Å². The average molecular weight is 364 g/mol. The number of pyridine rings is 1. The van der Waals surface area contributed by atoms with Crippen molar-refractivity contribution in [3.8, 4) is 6.07 Å². The molecule has 0 fully saturated rings. The van der Waals surface area contributed by atoms with Crippen LogP contribution in [0.3, 0.4) is 0 Å². The first-order valence-corrected chi connectivity index (χ1v) is 9.20. The summed E-state index contributed by atoms with van der Waals surface area (Å²) < 4.78 is 0. The molecule has 0 saturated carbocycles. The van der Waals surface area contributed by atoms with Gasteiger partial charge in [-0.15, -0.1) is 0 Å². The Morgan fingerprint density at radius 3 is 2.93 bits per heavy atom. The van der Waals surface area contributed by atoms with Crippen molar-refractivity contribution in [1.82, 2.24) is 10.3 Å². The summed E-state index contributed by atoms with van der Waals surface area (Å²) in [6.07, 6.45) is 3.71. The number of nitrogens with two attached hydrogens (primary N) is 1. The van der Waals surface area contributed by atoms with Gasteiger partial charge in [-0.25, -0.2) is 0 Å². The summed E-state index contributed by atoms with van der Waals surface area (Å²) in [5.41, 5.74) is 10.9. The van der Waals surface area contributed by atoms with Crippen LogP contribution >= 0.6 is 0 Å². The first kappa shape index (κ1) is 18.7. The number of H-pyrrole nitrogens is 1. The number of amides is 1. The number of nitrogens with one attached hydrogen (secondary N) is 2. The van der Waals surface area contributed by atoms with Gasteiger partial charge >= 0.3 is 0 Å². The zero-order valence-corrected chi connectivity index (χ0v) is 15.7. The molecule has 1 unspecified atom stereocenters. The molecule has 1 atom stereocenters. The van der Waals surface area contributed by atoms with Crippen LogP contribution < -0.4 is 16.6 Å². The number of aryl methyl sites for hydroxylation is 2. The minimum atomic E-state index is -0.376. The standard InChI is InChI=1S/C21H24N4O2/c1-12-16(13(2)24-21(27)18(12)11-22)8-9-20(26)25-19-5-3-4-14-10-15(23)6-7-17(14)19/h6-7,10,19H,3-5,8-9,23H2,1-2H3,(H,24,27)(H,25,26). The Kier molecular flexibility index (Phi) is 5.31. The SMILES string of the molecule is Cc1[nH]c(=O)c(C#N)c(C)c1CCC(=O)NC1CCCc2cc(N)ccc21. The van der Waals surface area contributed by atoms with Crippen molar-refractivity contribution in [2.24, 2.45) is 0 Å². The molecule has 2 aromatic rings. The monoisotopic (exact) mass is 364 g/mol. The van der Waals surface area contributed by atoms with Crippen LogP contribution in [0.2, 0.25) is 0 Å². The van der Waals surface area contributed by atoms with Gasteiger partial charge in [0.15, 0.2) is 0 Å². The molecule has 0 spiro atoms. The zero-order chi connectivity index (χ0) is 19.6. The van der Waals surface area contributed by atoms with Crippen LogP contribution in [0.15, 0.2) is 23.0 Å². The number of hydrogen-bond donors (Lipinski definition) is 3. The molecule has 1 aromatic heterocycles. The summed E-state index contributed by atoms with van der Waals surface area (Å²) in [4.78, 5) is 27.1. The number of nitrogens with zero attached hydrogens (tertiary/aromatic N) is 1. The lowest BCUT2D eigenvalue weighted by molar-refractivity contribution is -0.121. The molecule has 0 bridgehead atoms. The molecule has 0 aliphatic heterocycles. The van der Waals surface area contributed by atoms with E-state index >= 15 is 0 Å². The maximum Gasteiger partial charge on any atom is 0.266 e. The van der Waals surface area contributed by atoms with Crippen molar-refractivity contribution >= 4 is 11.6 Å². The van der Waals surface area contributed by atoms with Crippen LogP contribution in [0.25, 0.3) is 0 Å². The van der Waals surface area contributed by atoms with E-state index in [0.29, 0.717) is 24.1 Å². The number of fused-ring (bicyclic) bond motifs is 1. The van der Waals surface area contributed by atoms with E-state index in [2.05, 4.69) is 10.3 Å². The second-order valence-corrected chi connectivity index (χ2v) is 7.14. The van der Waals surface area contributed by atoms with Gasteiger partial charge in [0.2, 0.25) is 5.91 Å². The Labute approximate surface area is 158 Å². The molecular formula is C21H24N4O2. The predicted molar refractivity (Wildman–Crippen MR) is 104 cm³/mol. The van der Waals surface area contributed by atoms with Gasteiger partial charge in [-0.2, -0.15) is 5.26 Å². The van der Waals surface area contributed by atoms with Gasteiger partial charge in [-0.05, 0) is 73.9 Å². The number of aromatic nitrogens is 1. The summed E-state index contributed by atoms with van der Waals surface area (Å²) in [5, 5.41) is 12.3. The van der Waals surface area contributed by atoms with Crippen LogP contribution in [0.1, 0.15) is 58.8 Å². The van der Waals surface area contributed by atoms with Crippen LogP contribution in [-0.2, 0) is 17.6 Å². The topological polar surface area (TPSA) is 112 Å². The normalized spacial score (nSPS) is 15.7. The number of nitriles is 1. The molecule has 3 rings (SSSR count). The van der Waals surface area contributed by atoms with Gasteiger partial charge in [0.1, 0.15) is 11.6 Å². The van der Waals surface area contributed by atoms with Gasteiger partial charge in [0, 0.05) is 17.8 Å². The number of benzene rings is 1. The van der Waals surface area contributed by atoms with Crippen molar-refractivity contribution in [3.05, 3.63) is 62.1 Å². The summed E-state index contributed by atoms with van der Waals surface area (Å²) in [6, 6.07) is 7.82. The molecule has 1 aliphatic carbocycles. The van der Waals surface area contributed by atoms with Crippen molar-refractivity contribution in [2.75, 3.05) is 5.73 Å². The number of carbonyl (C=O) groups excluding carboxylic acids is 1. The number of aromatic amines is 1. The number of nitrogen functional groups attached to an aromatic ring is 1. The second-order valence-electron chi connectivity index (χ2n) is 7.14. The second kappa shape index (κ2) is 7.67. The highest BCUT2D eigenvalue weighted by Gasteiger charge is 2.22. The average Bonchev–Trinajstić information content (AvgIpc) is 2.61. The van der Waals surface area contributed by atoms with E-state index in [1.165, 1.54) is 5.56 Å². The number of hydrogen-bond acceptors (Lipinski definition) is 4. The van der Waals surface area contributed by atoms with Crippen LogP contribution in [-0.4, -0.2) is 10.9 Å². The molecule has 1 aromatic carbocycles. The summed E-state index contributed by atoms with van der Waals surface area (Å²) in [7, 11) is 0. The lowest BCUT2D eigenvalue weighted by Crippen LogP contribution is -2.31. The van der Waals surface area contributed by atoms with Gasteiger partial charge in [0.25, 0.3) is 5.56 Å². The Morgan fingerprint density at radius 1 is 1.41 bits per heavy atom. The third-order valence-corrected chi connectivity index (χ3v) is 5.34. The van der Waals surface area contributed by atoms with Gasteiger partial charge in [-0.3, -0.25) is 9.59 Å². The Hall–Kier alpha value is -3.07. The van der Waals surface area contributed by atoms with Crippen molar-refractivity contribution in [3.63, 3.8) is 0 Å². The molecule has 0 saturated heterocycles. The van der Waals surface area contributed by atoms with Crippen molar-refractivity contribution in [1.29, 1.82) is 5.26 Å². The third-order valence-electron chi connectivity index (χ3n) is 5.34. The number of carbonyl (C=O) groups is 1. The van der Waals surface area contributed by atoms with Crippen LogP contribution in [0.4, 0.5) is 5.69 Å². The highest BCUT2D eigenvalue weighted by atomic mass is 16.1. The van der Waals surface area contributed by atoms with E-state index in [1.807, 2.05) is 24.3 Å². The Bertz CT molecular complexity index is 985. The Balaban J connectivity index is 1.70. The molecule has 6 heteroatoms. The molecule has 140 valence electrons. The van der Waals surface area contributed by atoms with Crippen molar-refractivity contribution in [2.45, 2.75) is 52.0 Å². The minimum Gasteiger partial charge on any atom is -0.399 e. The molecule has 1 amide bonds. The summed E-state index contributed by atoms with van der Waals surface area (Å²) in [6.45, 7) is 3.56. The van der Waals surface area contributed by atoms with E-state index in [1.54, 1.807) is 13.8 Å². The van der Waals surface area contributed by atoms with E-state index in [9.17, 15) is 9.59 Å². The lowest BCUT2D eigenvalue weighted by Gasteiger charge is -2.26. The minimum absolute atomic E-state index is 0.00861. The Morgan fingerprint density at radius 2 is 2.19 bits per heavy atom. The molecule has 1 aliphatic rings. The molecule has 1 heterocycles. The highest BCUT2D eigenvalue weighted by molar-refractivity contribution is 5.77. The number of anilines is 1. The number of rotatable bonds is 4. The third kappa shape index (κ3) is 3.87. The first-order valence-electron chi connectivity index (χ1n) is 9.20. The highest BCUT2D eigenvalue weighted by Crippen LogP contribution is 2.31. The van der Waals surface area contributed by atoms with Crippen LogP contribution in [0.5, 0.6) is 0 Å². The molecular weight excluding hydrogens is 340 g/mol. The largest absolute Gasteiger partial charge is 0.399 e. The maximum atomic E-state index is 12.5. The van der Waals surface area contributed by atoms with E-state index in [-0.39, 0.29) is 23.1 Å². The van der Waals surface area contributed by atoms with E-state index in [4.69, 9.17) is 11.0 Å². The van der Waals surface area contributed by atoms with E-state index < -0.39 is 0 Å². The van der Waals surface area contributed by atoms with Gasteiger partial charge in [0.05, 0.1) is 6.04 Å². The lowest BCUT2D eigenvalue weighted by atomic mass is 9.87. The predicted octanol–water partition coefficient (Wildman–Crippen LogP) is 2.57. The quantitative estimate of drug-likeness (QED) is 0.724.